The molecule has 12 heteroatoms. The van der Waals surface area contributed by atoms with Crippen LogP contribution in [0, 0.1) is 0 Å². The first-order valence-corrected chi connectivity index (χ1v) is 11.4. The summed E-state index contributed by atoms with van der Waals surface area (Å²) in [4.78, 5) is 28.6. The third-order valence-corrected chi connectivity index (χ3v) is 5.95. The van der Waals surface area contributed by atoms with Gasteiger partial charge < -0.3 is 20.1 Å². The van der Waals surface area contributed by atoms with Crippen LogP contribution < -0.4 is 10.6 Å². The Morgan fingerprint density at radius 2 is 2.13 bits per heavy atom. The van der Waals surface area contributed by atoms with Crippen LogP contribution in [0.5, 0.6) is 0 Å². The molecule has 1 aliphatic heterocycles. The van der Waals surface area contributed by atoms with Crippen LogP contribution >= 0.6 is 27.3 Å². The first-order valence-electron chi connectivity index (χ1n) is 9.73. The van der Waals surface area contributed by atoms with Crippen LogP contribution in [0.1, 0.15) is 55.9 Å². The molecule has 1 aliphatic rings. The van der Waals surface area contributed by atoms with Crippen molar-refractivity contribution >= 4 is 45.0 Å². The highest BCUT2D eigenvalue weighted by molar-refractivity contribution is 9.11. The Labute approximate surface area is 191 Å². The average molecular weight is 518 g/mol. The standard InChI is InChI=1S/C19H25BrFN5O4S/c1-19(2,3)30-18(28)25-11-5-6-14(29-8-10(11)21)15-12(7-22-26(15)4)23-16(27)13-9-31-17(20)24-13/h7,9-11,14H,5-6,8H2,1-4H3,(H,23,27)(H,25,28)/t10-,11-,14+/m1/s1. The largest absolute Gasteiger partial charge is 0.444 e. The van der Waals surface area contributed by atoms with Gasteiger partial charge in [0.15, 0.2) is 3.92 Å². The summed E-state index contributed by atoms with van der Waals surface area (Å²) in [6, 6.07) is -0.738. The molecule has 31 heavy (non-hydrogen) atoms. The first kappa shape index (κ1) is 23.6. The summed E-state index contributed by atoms with van der Waals surface area (Å²) in [6.07, 6.45) is -0.285. The van der Waals surface area contributed by atoms with Gasteiger partial charge in [0.2, 0.25) is 0 Å². The van der Waals surface area contributed by atoms with E-state index in [1.165, 1.54) is 17.5 Å². The number of hydrogen-bond acceptors (Lipinski definition) is 7. The number of carbonyl (C=O) groups is 2. The van der Waals surface area contributed by atoms with E-state index in [1.54, 1.807) is 37.9 Å². The summed E-state index contributed by atoms with van der Waals surface area (Å²) in [5.74, 6) is -0.377. The first-order chi connectivity index (χ1) is 14.5. The SMILES string of the molecule is Cn1ncc(NC(=O)c2csc(Br)n2)c1[C@@H]1CC[C@@H](NC(=O)OC(C)(C)C)[C@H](F)CO1. The number of carbonyl (C=O) groups excluding carboxylic acids is 2. The molecule has 2 amide bonds. The number of thiazole rings is 1. The van der Waals surface area contributed by atoms with Gasteiger partial charge in [-0.3, -0.25) is 9.48 Å². The molecule has 0 saturated carbocycles. The lowest BCUT2D eigenvalue weighted by Crippen LogP contribution is -2.44. The molecule has 0 bridgehead atoms. The lowest BCUT2D eigenvalue weighted by Gasteiger charge is -2.24. The average Bonchev–Trinajstić information content (AvgIpc) is 3.20. The Hall–Kier alpha value is -2.05. The quantitative estimate of drug-likeness (QED) is 0.635. The number of anilines is 1. The van der Waals surface area contributed by atoms with Crippen molar-refractivity contribution in [1.29, 1.82) is 0 Å². The zero-order valence-corrected chi connectivity index (χ0v) is 20.0. The Bertz CT molecular complexity index is 944. The molecule has 0 aliphatic carbocycles. The number of alkyl halides is 1. The van der Waals surface area contributed by atoms with Gasteiger partial charge in [0, 0.05) is 12.4 Å². The van der Waals surface area contributed by atoms with Gasteiger partial charge in [-0.2, -0.15) is 5.10 Å². The van der Waals surface area contributed by atoms with Crippen LogP contribution in [0.25, 0.3) is 0 Å². The molecule has 3 rings (SSSR count). The monoisotopic (exact) mass is 517 g/mol. The van der Waals surface area contributed by atoms with Gasteiger partial charge in [0.25, 0.3) is 5.91 Å². The minimum absolute atomic E-state index is 0.206. The molecule has 9 nitrogen and oxygen atoms in total. The maximum Gasteiger partial charge on any atom is 0.407 e. The highest BCUT2D eigenvalue weighted by atomic mass is 79.9. The van der Waals surface area contributed by atoms with Crippen LogP contribution in [-0.2, 0) is 16.5 Å². The molecule has 170 valence electrons. The maximum atomic E-state index is 14.7. The molecule has 0 aromatic carbocycles. The van der Waals surface area contributed by atoms with Crippen molar-refractivity contribution in [3.8, 4) is 0 Å². The minimum Gasteiger partial charge on any atom is -0.444 e. The van der Waals surface area contributed by atoms with Crippen LogP contribution in [-0.4, -0.2) is 51.2 Å². The number of halogens is 2. The van der Waals surface area contributed by atoms with E-state index in [-0.39, 0.29) is 18.2 Å². The van der Waals surface area contributed by atoms with Crippen molar-refractivity contribution in [2.75, 3.05) is 11.9 Å². The minimum atomic E-state index is -1.39. The van der Waals surface area contributed by atoms with E-state index < -0.39 is 30.0 Å². The zero-order chi connectivity index (χ0) is 22.8. The summed E-state index contributed by atoms with van der Waals surface area (Å²) in [6.45, 7) is 5.03. The highest BCUT2D eigenvalue weighted by Gasteiger charge is 2.33. The van der Waals surface area contributed by atoms with E-state index in [1.807, 2.05) is 0 Å². The number of nitrogens with zero attached hydrogens (tertiary/aromatic N) is 3. The van der Waals surface area contributed by atoms with Crippen LogP contribution in [0.2, 0.25) is 0 Å². The molecule has 2 N–H and O–H groups in total. The number of ether oxygens (including phenoxy) is 2. The zero-order valence-electron chi connectivity index (χ0n) is 17.6. The second-order valence-corrected chi connectivity index (χ2v) is 10.3. The molecule has 0 spiro atoms. The summed E-state index contributed by atoms with van der Waals surface area (Å²) >= 11 is 4.54. The van der Waals surface area contributed by atoms with Crippen molar-refractivity contribution < 1.29 is 23.5 Å². The van der Waals surface area contributed by atoms with E-state index in [4.69, 9.17) is 9.47 Å². The van der Waals surface area contributed by atoms with Gasteiger partial charge in [0.1, 0.15) is 23.6 Å². The van der Waals surface area contributed by atoms with Crippen molar-refractivity contribution in [3.63, 3.8) is 0 Å². The molecule has 2 aromatic heterocycles. The number of hydrogen-bond donors (Lipinski definition) is 2. The summed E-state index contributed by atoms with van der Waals surface area (Å²) < 4.78 is 27.9. The molecule has 0 unspecified atom stereocenters. The molecule has 2 aromatic rings. The predicted octanol–water partition coefficient (Wildman–Crippen LogP) is 3.97. The number of amides is 2. The topological polar surface area (TPSA) is 107 Å². The third-order valence-electron chi connectivity index (χ3n) is 4.58. The van der Waals surface area contributed by atoms with Crippen LogP contribution in [0.15, 0.2) is 15.5 Å². The fraction of sp³-hybridized carbons (Fsp3) is 0.579. The van der Waals surface area contributed by atoms with Crippen LogP contribution in [0.4, 0.5) is 14.9 Å². The Morgan fingerprint density at radius 3 is 2.77 bits per heavy atom. The van der Waals surface area contributed by atoms with E-state index in [9.17, 15) is 14.0 Å². The number of nitrogens with one attached hydrogen (secondary N) is 2. The molecule has 0 radical (unpaired) electrons. The molecule has 3 heterocycles. The van der Waals surface area contributed by atoms with Gasteiger partial charge in [-0.25, -0.2) is 14.2 Å². The molecule has 1 fully saturated rings. The number of aromatic nitrogens is 3. The van der Waals surface area contributed by atoms with Gasteiger partial charge in [-0.05, 0) is 49.5 Å². The highest BCUT2D eigenvalue weighted by Crippen LogP contribution is 2.33. The van der Waals surface area contributed by atoms with Crippen molar-refractivity contribution in [2.24, 2.45) is 7.05 Å². The summed E-state index contributed by atoms with van der Waals surface area (Å²) in [7, 11) is 1.72. The van der Waals surface area contributed by atoms with Crippen molar-refractivity contribution in [1.82, 2.24) is 20.1 Å². The fourth-order valence-corrected chi connectivity index (χ4v) is 4.22. The normalized spacial score (nSPS) is 21.9. The Balaban J connectivity index is 1.69. The van der Waals surface area contributed by atoms with E-state index in [2.05, 4.69) is 36.6 Å². The summed E-state index contributed by atoms with van der Waals surface area (Å²) in [5, 5.41) is 11.2. The van der Waals surface area contributed by atoms with Gasteiger partial charge >= 0.3 is 6.09 Å². The maximum absolute atomic E-state index is 14.7. The molecular formula is C19H25BrFN5O4S. The Kier molecular flexibility index (Phi) is 7.32. The van der Waals surface area contributed by atoms with E-state index >= 15 is 0 Å². The second-order valence-electron chi connectivity index (χ2n) is 8.17. The van der Waals surface area contributed by atoms with Crippen molar-refractivity contribution in [3.05, 3.63) is 26.9 Å². The number of rotatable bonds is 4. The lowest BCUT2D eigenvalue weighted by atomic mass is 10.0. The summed E-state index contributed by atoms with van der Waals surface area (Å²) in [5.41, 5.74) is 0.691. The number of aryl methyl sites for hydroxylation is 1. The van der Waals surface area contributed by atoms with Gasteiger partial charge in [0.05, 0.1) is 30.2 Å². The molecule has 1 saturated heterocycles. The molecule has 3 atom stereocenters. The molecular weight excluding hydrogens is 493 g/mol. The van der Waals surface area contributed by atoms with Crippen molar-refractivity contribution in [2.45, 2.75) is 57.5 Å². The fourth-order valence-electron chi connectivity index (χ4n) is 3.22. The predicted molar refractivity (Wildman–Crippen MR) is 117 cm³/mol. The second kappa shape index (κ2) is 9.61. The van der Waals surface area contributed by atoms with E-state index in [0.717, 1.165) is 0 Å². The third kappa shape index (κ3) is 6.23. The Morgan fingerprint density at radius 1 is 1.39 bits per heavy atom. The van der Waals surface area contributed by atoms with Gasteiger partial charge in [-0.15, -0.1) is 11.3 Å². The van der Waals surface area contributed by atoms with Crippen LogP contribution in [0.3, 0.4) is 0 Å². The van der Waals surface area contributed by atoms with E-state index in [0.29, 0.717) is 28.1 Å². The van der Waals surface area contributed by atoms with Gasteiger partial charge in [-0.1, -0.05) is 0 Å². The lowest BCUT2D eigenvalue weighted by molar-refractivity contribution is 0.0202. The smallest absolute Gasteiger partial charge is 0.407 e. The number of alkyl carbamates (subject to hydrolysis) is 1.